The van der Waals surface area contributed by atoms with Crippen molar-refractivity contribution in [3.8, 4) is 0 Å². The Morgan fingerprint density at radius 2 is 2.12 bits per heavy atom. The van der Waals surface area contributed by atoms with Crippen LogP contribution in [-0.2, 0) is 9.53 Å². The van der Waals surface area contributed by atoms with Crippen LogP contribution in [-0.4, -0.2) is 36.1 Å². The van der Waals surface area contributed by atoms with E-state index in [1.807, 2.05) is 4.90 Å². The first-order valence-corrected chi connectivity index (χ1v) is 6.28. The standard InChI is InChI=1S/C13H25NO2/c1-11(15)14-8-5-6-12(10-14)7-9-16-13(2,3)4/h12H,5-10H2,1-4H3. The van der Waals surface area contributed by atoms with Crippen LogP contribution in [0.5, 0.6) is 0 Å². The number of ether oxygens (including phenoxy) is 1. The SMILES string of the molecule is CC(=O)N1CCCC(CCOC(C)(C)C)C1. The third-order valence-corrected chi connectivity index (χ3v) is 3.03. The van der Waals surface area contributed by atoms with E-state index in [1.54, 1.807) is 6.92 Å². The average molecular weight is 227 g/mol. The van der Waals surface area contributed by atoms with Gasteiger partial charge in [0, 0.05) is 26.6 Å². The molecule has 0 aromatic rings. The quantitative estimate of drug-likeness (QED) is 0.741. The van der Waals surface area contributed by atoms with Crippen LogP contribution in [0.4, 0.5) is 0 Å². The number of nitrogens with zero attached hydrogens (tertiary/aromatic N) is 1. The normalized spacial score (nSPS) is 22.2. The average Bonchev–Trinajstić information content (AvgIpc) is 2.16. The van der Waals surface area contributed by atoms with Crippen LogP contribution in [0.15, 0.2) is 0 Å². The van der Waals surface area contributed by atoms with Gasteiger partial charge >= 0.3 is 0 Å². The van der Waals surface area contributed by atoms with Gasteiger partial charge in [-0.05, 0) is 46.0 Å². The lowest BCUT2D eigenvalue weighted by atomic mass is 9.95. The number of likely N-dealkylation sites (tertiary alicyclic amines) is 1. The Morgan fingerprint density at radius 1 is 1.44 bits per heavy atom. The number of rotatable bonds is 3. The minimum Gasteiger partial charge on any atom is -0.376 e. The minimum absolute atomic E-state index is 0.0467. The van der Waals surface area contributed by atoms with Crippen LogP contribution >= 0.6 is 0 Å². The molecule has 0 N–H and O–H groups in total. The molecule has 0 radical (unpaired) electrons. The van der Waals surface area contributed by atoms with E-state index >= 15 is 0 Å². The van der Waals surface area contributed by atoms with Crippen LogP contribution < -0.4 is 0 Å². The van der Waals surface area contributed by atoms with Gasteiger partial charge in [0.2, 0.25) is 5.91 Å². The lowest BCUT2D eigenvalue weighted by Crippen LogP contribution is -2.39. The first-order valence-electron chi connectivity index (χ1n) is 6.28. The molecule has 1 aliphatic rings. The Hall–Kier alpha value is -0.570. The van der Waals surface area contributed by atoms with Crippen LogP contribution in [0, 0.1) is 5.92 Å². The molecular weight excluding hydrogens is 202 g/mol. The molecule has 1 fully saturated rings. The summed E-state index contributed by atoms with van der Waals surface area (Å²) in [6.07, 6.45) is 3.44. The Kier molecular flexibility index (Phi) is 4.78. The summed E-state index contributed by atoms with van der Waals surface area (Å²) in [5.41, 5.74) is -0.0467. The Morgan fingerprint density at radius 3 is 2.69 bits per heavy atom. The first-order chi connectivity index (χ1) is 7.38. The predicted octanol–water partition coefficient (Wildman–Crippen LogP) is 2.45. The van der Waals surface area contributed by atoms with Crippen molar-refractivity contribution in [2.45, 2.75) is 52.6 Å². The molecule has 0 aliphatic carbocycles. The van der Waals surface area contributed by atoms with Crippen molar-refractivity contribution in [2.24, 2.45) is 5.92 Å². The number of carbonyl (C=O) groups is 1. The second-order valence-electron chi connectivity index (χ2n) is 5.72. The van der Waals surface area contributed by atoms with Gasteiger partial charge in [0.1, 0.15) is 0 Å². The largest absolute Gasteiger partial charge is 0.376 e. The summed E-state index contributed by atoms with van der Waals surface area (Å²) in [5, 5.41) is 0. The highest BCUT2D eigenvalue weighted by Gasteiger charge is 2.21. The molecule has 1 aliphatic heterocycles. The summed E-state index contributed by atoms with van der Waals surface area (Å²) in [6.45, 7) is 10.6. The van der Waals surface area contributed by atoms with E-state index in [0.29, 0.717) is 5.92 Å². The molecule has 1 rings (SSSR count). The van der Waals surface area contributed by atoms with E-state index in [1.165, 1.54) is 6.42 Å². The zero-order valence-corrected chi connectivity index (χ0v) is 11.1. The minimum atomic E-state index is -0.0467. The number of hydrogen-bond donors (Lipinski definition) is 0. The van der Waals surface area contributed by atoms with Crippen LogP contribution in [0.3, 0.4) is 0 Å². The molecule has 0 bridgehead atoms. The predicted molar refractivity (Wildman–Crippen MR) is 65.3 cm³/mol. The fraction of sp³-hybridized carbons (Fsp3) is 0.923. The molecule has 0 saturated carbocycles. The van der Waals surface area contributed by atoms with E-state index in [0.717, 1.165) is 32.5 Å². The molecule has 1 unspecified atom stereocenters. The number of amides is 1. The lowest BCUT2D eigenvalue weighted by Gasteiger charge is -2.32. The highest BCUT2D eigenvalue weighted by molar-refractivity contribution is 5.73. The molecule has 16 heavy (non-hydrogen) atoms. The third kappa shape index (κ3) is 4.97. The summed E-state index contributed by atoms with van der Waals surface area (Å²) in [6, 6.07) is 0. The molecule has 3 heteroatoms. The van der Waals surface area contributed by atoms with Gasteiger partial charge in [-0.3, -0.25) is 4.79 Å². The summed E-state index contributed by atoms with van der Waals surface area (Å²) in [7, 11) is 0. The zero-order valence-electron chi connectivity index (χ0n) is 11.1. The fourth-order valence-corrected chi connectivity index (χ4v) is 2.12. The van der Waals surface area contributed by atoms with Crippen LogP contribution in [0.2, 0.25) is 0 Å². The number of piperidine rings is 1. The number of hydrogen-bond acceptors (Lipinski definition) is 2. The van der Waals surface area contributed by atoms with Gasteiger partial charge in [-0.1, -0.05) is 0 Å². The van der Waals surface area contributed by atoms with Crippen LogP contribution in [0.25, 0.3) is 0 Å². The first kappa shape index (κ1) is 13.5. The van der Waals surface area contributed by atoms with Gasteiger partial charge in [-0.25, -0.2) is 0 Å². The second kappa shape index (κ2) is 5.67. The molecule has 3 nitrogen and oxygen atoms in total. The van der Waals surface area contributed by atoms with Crippen molar-refractivity contribution in [1.29, 1.82) is 0 Å². The van der Waals surface area contributed by atoms with Crippen molar-refractivity contribution >= 4 is 5.91 Å². The molecule has 1 atom stereocenters. The van der Waals surface area contributed by atoms with Gasteiger partial charge < -0.3 is 9.64 Å². The van der Waals surface area contributed by atoms with E-state index in [-0.39, 0.29) is 11.5 Å². The van der Waals surface area contributed by atoms with E-state index in [9.17, 15) is 4.79 Å². The smallest absolute Gasteiger partial charge is 0.219 e. The Bertz CT molecular complexity index is 233. The topological polar surface area (TPSA) is 29.5 Å². The van der Waals surface area contributed by atoms with Gasteiger partial charge in [0.15, 0.2) is 0 Å². The summed E-state index contributed by atoms with van der Waals surface area (Å²) in [5.74, 6) is 0.835. The number of carbonyl (C=O) groups excluding carboxylic acids is 1. The maximum Gasteiger partial charge on any atom is 0.219 e. The summed E-state index contributed by atoms with van der Waals surface area (Å²) < 4.78 is 5.72. The molecular formula is C13H25NO2. The van der Waals surface area contributed by atoms with Crippen molar-refractivity contribution in [3.05, 3.63) is 0 Å². The maximum absolute atomic E-state index is 11.3. The Balaban J connectivity index is 2.24. The zero-order chi connectivity index (χ0) is 12.2. The molecule has 94 valence electrons. The van der Waals surface area contributed by atoms with Gasteiger partial charge in [-0.15, -0.1) is 0 Å². The van der Waals surface area contributed by atoms with Crippen molar-refractivity contribution in [2.75, 3.05) is 19.7 Å². The monoisotopic (exact) mass is 227 g/mol. The maximum atomic E-state index is 11.3. The summed E-state index contributed by atoms with van der Waals surface area (Å²) in [4.78, 5) is 13.2. The fourth-order valence-electron chi connectivity index (χ4n) is 2.12. The molecule has 0 spiro atoms. The molecule has 1 amide bonds. The van der Waals surface area contributed by atoms with Crippen molar-refractivity contribution in [1.82, 2.24) is 4.90 Å². The molecule has 1 heterocycles. The highest BCUT2D eigenvalue weighted by atomic mass is 16.5. The highest BCUT2D eigenvalue weighted by Crippen LogP contribution is 2.20. The van der Waals surface area contributed by atoms with E-state index < -0.39 is 0 Å². The molecule has 0 aromatic carbocycles. The second-order valence-corrected chi connectivity index (χ2v) is 5.72. The molecule has 0 aromatic heterocycles. The third-order valence-electron chi connectivity index (χ3n) is 3.03. The van der Waals surface area contributed by atoms with E-state index in [2.05, 4.69) is 20.8 Å². The lowest BCUT2D eigenvalue weighted by molar-refractivity contribution is -0.130. The van der Waals surface area contributed by atoms with Gasteiger partial charge in [-0.2, -0.15) is 0 Å². The van der Waals surface area contributed by atoms with Gasteiger partial charge in [0.25, 0.3) is 0 Å². The van der Waals surface area contributed by atoms with E-state index in [4.69, 9.17) is 4.74 Å². The Labute approximate surface area is 99.1 Å². The van der Waals surface area contributed by atoms with Crippen molar-refractivity contribution in [3.63, 3.8) is 0 Å². The van der Waals surface area contributed by atoms with Gasteiger partial charge in [0.05, 0.1) is 5.60 Å². The van der Waals surface area contributed by atoms with Crippen LogP contribution in [0.1, 0.15) is 47.0 Å². The summed E-state index contributed by atoms with van der Waals surface area (Å²) >= 11 is 0. The van der Waals surface area contributed by atoms with Crippen molar-refractivity contribution < 1.29 is 9.53 Å². The molecule has 1 saturated heterocycles.